The van der Waals surface area contributed by atoms with Gasteiger partial charge in [0, 0.05) is 6.54 Å². The van der Waals surface area contributed by atoms with E-state index < -0.39 is 12.2 Å². The summed E-state index contributed by atoms with van der Waals surface area (Å²) < 4.78 is 11.1. The van der Waals surface area contributed by atoms with E-state index in [9.17, 15) is 9.90 Å². The molecule has 1 aromatic carbocycles. The Morgan fingerprint density at radius 2 is 2.11 bits per heavy atom. The Morgan fingerprint density at radius 1 is 1.37 bits per heavy atom. The molecule has 0 saturated heterocycles. The Kier molecular flexibility index (Phi) is 3.29. The van der Waals surface area contributed by atoms with Crippen LogP contribution in [-0.4, -0.2) is 36.4 Å². The predicted molar refractivity (Wildman–Crippen MR) is 68.1 cm³/mol. The SMILES string of the molecule is O=C(NCC(O)C1CC1)C1COc2ccccc2O1. The van der Waals surface area contributed by atoms with Gasteiger partial charge in [0.15, 0.2) is 11.5 Å². The van der Waals surface area contributed by atoms with Gasteiger partial charge in [0.1, 0.15) is 6.61 Å². The molecule has 1 amide bonds. The standard InChI is InChI=1S/C14H17NO4/c16-10(9-5-6-9)7-15-14(17)13-8-18-11-3-1-2-4-12(11)19-13/h1-4,9-10,13,16H,5-8H2,(H,15,17). The van der Waals surface area contributed by atoms with Gasteiger partial charge >= 0.3 is 0 Å². The van der Waals surface area contributed by atoms with Crippen molar-refractivity contribution in [3.05, 3.63) is 24.3 Å². The van der Waals surface area contributed by atoms with Crippen LogP contribution in [0, 0.1) is 5.92 Å². The quantitative estimate of drug-likeness (QED) is 0.839. The summed E-state index contributed by atoms with van der Waals surface area (Å²) in [4.78, 5) is 11.9. The van der Waals surface area contributed by atoms with Gasteiger partial charge in [-0.2, -0.15) is 0 Å². The number of carbonyl (C=O) groups excluding carboxylic acids is 1. The van der Waals surface area contributed by atoms with Crippen LogP contribution in [0.25, 0.3) is 0 Å². The van der Waals surface area contributed by atoms with E-state index in [4.69, 9.17) is 9.47 Å². The lowest BCUT2D eigenvalue weighted by molar-refractivity contribution is -0.130. The molecule has 1 aliphatic heterocycles. The number of benzene rings is 1. The summed E-state index contributed by atoms with van der Waals surface area (Å²) in [5.41, 5.74) is 0. The first-order chi connectivity index (χ1) is 9.24. The molecule has 2 aliphatic rings. The normalized spacial score (nSPS) is 22.7. The van der Waals surface area contributed by atoms with E-state index in [0.717, 1.165) is 12.8 Å². The Balaban J connectivity index is 1.53. The van der Waals surface area contributed by atoms with Gasteiger partial charge in [-0.3, -0.25) is 4.79 Å². The molecule has 2 atom stereocenters. The zero-order chi connectivity index (χ0) is 13.2. The van der Waals surface area contributed by atoms with Crippen molar-refractivity contribution < 1.29 is 19.4 Å². The fraction of sp³-hybridized carbons (Fsp3) is 0.500. The highest BCUT2D eigenvalue weighted by atomic mass is 16.6. The van der Waals surface area contributed by atoms with Crippen molar-refractivity contribution in [2.45, 2.75) is 25.0 Å². The third-order valence-corrected chi connectivity index (χ3v) is 3.45. The molecule has 1 aliphatic carbocycles. The highest BCUT2D eigenvalue weighted by molar-refractivity contribution is 5.81. The number of fused-ring (bicyclic) bond motifs is 1. The molecule has 5 nitrogen and oxygen atoms in total. The molecule has 1 heterocycles. The molecule has 19 heavy (non-hydrogen) atoms. The maximum absolute atomic E-state index is 11.9. The van der Waals surface area contributed by atoms with Gasteiger partial charge in [0.2, 0.25) is 6.10 Å². The zero-order valence-corrected chi connectivity index (χ0v) is 10.5. The molecule has 0 spiro atoms. The molecular formula is C14H17NO4. The lowest BCUT2D eigenvalue weighted by atomic mass is 10.2. The van der Waals surface area contributed by atoms with Crippen LogP contribution in [0.4, 0.5) is 0 Å². The summed E-state index contributed by atoms with van der Waals surface area (Å²) in [6.07, 6.45) is 1.00. The minimum Gasteiger partial charge on any atom is -0.485 e. The number of carbonyl (C=O) groups is 1. The van der Waals surface area contributed by atoms with E-state index in [1.165, 1.54) is 0 Å². The second kappa shape index (κ2) is 5.09. The maximum Gasteiger partial charge on any atom is 0.264 e. The van der Waals surface area contributed by atoms with Gasteiger partial charge in [-0.1, -0.05) is 12.1 Å². The van der Waals surface area contributed by atoms with Crippen LogP contribution >= 0.6 is 0 Å². The van der Waals surface area contributed by atoms with Crippen LogP contribution in [0.1, 0.15) is 12.8 Å². The van der Waals surface area contributed by atoms with Crippen molar-refractivity contribution in [2.75, 3.05) is 13.2 Å². The van der Waals surface area contributed by atoms with Gasteiger partial charge in [-0.25, -0.2) is 0 Å². The third kappa shape index (κ3) is 2.81. The molecule has 1 fully saturated rings. The lowest BCUT2D eigenvalue weighted by Gasteiger charge is -2.25. The van der Waals surface area contributed by atoms with E-state index in [1.54, 1.807) is 12.1 Å². The Morgan fingerprint density at radius 3 is 2.84 bits per heavy atom. The van der Waals surface area contributed by atoms with Gasteiger partial charge < -0.3 is 19.9 Å². The van der Waals surface area contributed by atoms with Crippen LogP contribution < -0.4 is 14.8 Å². The lowest BCUT2D eigenvalue weighted by Crippen LogP contribution is -2.46. The fourth-order valence-corrected chi connectivity index (χ4v) is 2.12. The molecule has 0 aromatic heterocycles. The largest absolute Gasteiger partial charge is 0.485 e. The summed E-state index contributed by atoms with van der Waals surface area (Å²) in [6.45, 7) is 0.480. The van der Waals surface area contributed by atoms with Crippen molar-refractivity contribution in [2.24, 2.45) is 5.92 Å². The Labute approximate surface area is 111 Å². The molecule has 2 N–H and O–H groups in total. The van der Waals surface area contributed by atoms with Crippen molar-refractivity contribution in [1.82, 2.24) is 5.32 Å². The van der Waals surface area contributed by atoms with E-state index in [-0.39, 0.29) is 19.1 Å². The summed E-state index contributed by atoms with van der Waals surface area (Å²) in [5.74, 6) is 1.35. The Bertz CT molecular complexity index is 472. The molecule has 0 bridgehead atoms. The second-order valence-electron chi connectivity index (χ2n) is 5.01. The number of amides is 1. The van der Waals surface area contributed by atoms with Gasteiger partial charge in [-0.15, -0.1) is 0 Å². The molecule has 5 heteroatoms. The minimum atomic E-state index is -0.652. The molecule has 3 rings (SSSR count). The average molecular weight is 263 g/mol. The van der Waals surface area contributed by atoms with Crippen LogP contribution in [0.15, 0.2) is 24.3 Å². The van der Waals surface area contributed by atoms with E-state index in [0.29, 0.717) is 17.4 Å². The second-order valence-corrected chi connectivity index (χ2v) is 5.01. The third-order valence-electron chi connectivity index (χ3n) is 3.45. The fourth-order valence-electron chi connectivity index (χ4n) is 2.12. The smallest absolute Gasteiger partial charge is 0.264 e. The average Bonchev–Trinajstić information content (AvgIpc) is 3.28. The monoisotopic (exact) mass is 263 g/mol. The summed E-state index contributed by atoms with van der Waals surface area (Å²) >= 11 is 0. The zero-order valence-electron chi connectivity index (χ0n) is 10.5. The highest BCUT2D eigenvalue weighted by Crippen LogP contribution is 2.32. The Hall–Kier alpha value is -1.75. The van der Waals surface area contributed by atoms with Crippen molar-refractivity contribution >= 4 is 5.91 Å². The van der Waals surface area contributed by atoms with E-state index in [1.807, 2.05) is 12.1 Å². The first kappa shape index (κ1) is 12.3. The van der Waals surface area contributed by atoms with Crippen molar-refractivity contribution in [1.29, 1.82) is 0 Å². The van der Waals surface area contributed by atoms with Gasteiger partial charge in [0.05, 0.1) is 6.10 Å². The number of nitrogens with one attached hydrogen (secondary N) is 1. The van der Waals surface area contributed by atoms with Gasteiger partial charge in [-0.05, 0) is 30.9 Å². The van der Waals surface area contributed by atoms with E-state index >= 15 is 0 Å². The number of hydrogen-bond donors (Lipinski definition) is 2. The summed E-state index contributed by atoms with van der Waals surface area (Å²) in [7, 11) is 0. The minimum absolute atomic E-state index is 0.197. The molecule has 0 radical (unpaired) electrons. The predicted octanol–water partition coefficient (Wildman–Crippen LogP) is 0.713. The van der Waals surface area contributed by atoms with Crippen molar-refractivity contribution in [3.8, 4) is 11.5 Å². The van der Waals surface area contributed by atoms with E-state index in [2.05, 4.69) is 5.32 Å². The number of aliphatic hydroxyl groups is 1. The molecule has 102 valence electrons. The van der Waals surface area contributed by atoms with Crippen LogP contribution in [0.5, 0.6) is 11.5 Å². The highest BCUT2D eigenvalue weighted by Gasteiger charge is 2.31. The van der Waals surface area contributed by atoms with Crippen LogP contribution in [-0.2, 0) is 4.79 Å². The number of rotatable bonds is 4. The number of hydrogen-bond acceptors (Lipinski definition) is 4. The van der Waals surface area contributed by atoms with Crippen LogP contribution in [0.3, 0.4) is 0 Å². The van der Waals surface area contributed by atoms with Crippen molar-refractivity contribution in [3.63, 3.8) is 0 Å². The summed E-state index contributed by atoms with van der Waals surface area (Å²) in [6, 6.07) is 7.27. The number of para-hydroxylation sites is 2. The molecule has 1 saturated carbocycles. The maximum atomic E-state index is 11.9. The molecule has 2 unspecified atom stereocenters. The number of ether oxygens (including phenoxy) is 2. The molecule has 1 aromatic rings. The molecular weight excluding hydrogens is 246 g/mol. The first-order valence-corrected chi connectivity index (χ1v) is 6.58. The first-order valence-electron chi connectivity index (χ1n) is 6.58. The topological polar surface area (TPSA) is 67.8 Å². The number of aliphatic hydroxyl groups excluding tert-OH is 1. The van der Waals surface area contributed by atoms with Gasteiger partial charge in [0.25, 0.3) is 5.91 Å². The van der Waals surface area contributed by atoms with Crippen LogP contribution in [0.2, 0.25) is 0 Å². The summed E-state index contributed by atoms with van der Waals surface area (Å²) in [5, 5.41) is 12.4.